The first-order chi connectivity index (χ1) is 11.6. The zero-order chi connectivity index (χ0) is 16.9. The number of benzene rings is 1. The quantitative estimate of drug-likeness (QED) is 0.654. The van der Waals surface area contributed by atoms with Crippen molar-refractivity contribution < 1.29 is 9.66 Å². The summed E-state index contributed by atoms with van der Waals surface area (Å²) in [6.45, 7) is 2.57. The normalized spacial score (nSPS) is 14.5. The van der Waals surface area contributed by atoms with Crippen molar-refractivity contribution in [2.45, 2.75) is 6.54 Å². The molecule has 0 spiro atoms. The van der Waals surface area contributed by atoms with Crippen LogP contribution in [0.15, 0.2) is 30.6 Å². The third-order valence-corrected chi connectivity index (χ3v) is 3.92. The second-order valence-corrected chi connectivity index (χ2v) is 5.67. The first kappa shape index (κ1) is 16.4. The number of halogens is 1. The summed E-state index contributed by atoms with van der Waals surface area (Å²) in [4.78, 5) is 21.1. The number of hydrogen-bond donors (Lipinski definition) is 1. The van der Waals surface area contributed by atoms with Crippen molar-refractivity contribution in [2.75, 3.05) is 36.5 Å². The van der Waals surface area contributed by atoms with Crippen molar-refractivity contribution in [3.8, 4) is 0 Å². The zero-order valence-corrected chi connectivity index (χ0v) is 13.6. The highest BCUT2D eigenvalue weighted by molar-refractivity contribution is 6.30. The Morgan fingerprint density at radius 3 is 2.62 bits per heavy atom. The number of hydrogen-bond acceptors (Lipinski definition) is 7. The number of morpholine rings is 1. The number of ether oxygens (including phenoxy) is 1. The Morgan fingerprint density at radius 1 is 1.25 bits per heavy atom. The van der Waals surface area contributed by atoms with Gasteiger partial charge in [0.1, 0.15) is 6.33 Å². The molecule has 1 N–H and O–H groups in total. The average Bonchev–Trinajstić information content (AvgIpc) is 2.61. The van der Waals surface area contributed by atoms with Gasteiger partial charge in [0.05, 0.1) is 18.1 Å². The first-order valence-corrected chi connectivity index (χ1v) is 7.83. The molecular weight excluding hydrogens is 334 g/mol. The topological polar surface area (TPSA) is 93.4 Å². The Kier molecular flexibility index (Phi) is 5.07. The molecule has 1 aromatic carbocycles. The van der Waals surface area contributed by atoms with Crippen LogP contribution in [0, 0.1) is 10.1 Å². The zero-order valence-electron chi connectivity index (χ0n) is 12.8. The standard InChI is InChI=1S/C15H16ClN5O3/c16-12-3-1-11(2-4-12)9-17-14-13(21(22)23)15(19-10-18-14)20-5-7-24-8-6-20/h1-4,10H,5-9H2,(H,17,18,19). The van der Waals surface area contributed by atoms with Gasteiger partial charge in [-0.05, 0) is 17.7 Å². The van der Waals surface area contributed by atoms with Crippen molar-refractivity contribution in [1.29, 1.82) is 0 Å². The Morgan fingerprint density at radius 2 is 1.96 bits per heavy atom. The van der Waals surface area contributed by atoms with Crippen LogP contribution in [-0.4, -0.2) is 41.2 Å². The molecule has 1 saturated heterocycles. The number of nitrogens with one attached hydrogen (secondary N) is 1. The highest BCUT2D eigenvalue weighted by Gasteiger charge is 2.27. The minimum atomic E-state index is -0.449. The molecule has 24 heavy (non-hydrogen) atoms. The van der Waals surface area contributed by atoms with Crippen LogP contribution in [0.2, 0.25) is 5.02 Å². The van der Waals surface area contributed by atoms with Gasteiger partial charge in [-0.15, -0.1) is 0 Å². The average molecular weight is 350 g/mol. The van der Waals surface area contributed by atoms with E-state index in [1.807, 2.05) is 17.0 Å². The van der Waals surface area contributed by atoms with Crippen LogP contribution in [0.25, 0.3) is 0 Å². The van der Waals surface area contributed by atoms with Crippen molar-refractivity contribution >= 4 is 28.9 Å². The van der Waals surface area contributed by atoms with Gasteiger partial charge < -0.3 is 15.0 Å². The Bertz CT molecular complexity index is 720. The van der Waals surface area contributed by atoms with Gasteiger partial charge in [-0.1, -0.05) is 23.7 Å². The maximum atomic E-state index is 11.6. The smallest absolute Gasteiger partial charge is 0.353 e. The molecule has 3 rings (SSSR count). The van der Waals surface area contributed by atoms with Crippen molar-refractivity contribution in [3.05, 3.63) is 51.3 Å². The molecule has 8 nitrogen and oxygen atoms in total. The molecule has 0 atom stereocenters. The van der Waals surface area contributed by atoms with E-state index in [2.05, 4.69) is 15.3 Å². The van der Waals surface area contributed by atoms with Crippen LogP contribution < -0.4 is 10.2 Å². The summed E-state index contributed by atoms with van der Waals surface area (Å²) in [5.74, 6) is 0.517. The van der Waals surface area contributed by atoms with E-state index < -0.39 is 4.92 Å². The van der Waals surface area contributed by atoms with E-state index in [0.717, 1.165) is 5.56 Å². The van der Waals surface area contributed by atoms with E-state index in [4.69, 9.17) is 16.3 Å². The summed E-state index contributed by atoms with van der Waals surface area (Å²) in [6, 6.07) is 7.24. The Labute approximate surface area is 143 Å². The molecule has 0 aliphatic carbocycles. The van der Waals surface area contributed by atoms with Crippen LogP contribution in [-0.2, 0) is 11.3 Å². The summed E-state index contributed by atoms with van der Waals surface area (Å²) in [6.07, 6.45) is 1.34. The van der Waals surface area contributed by atoms with Gasteiger partial charge >= 0.3 is 5.69 Å². The SMILES string of the molecule is O=[N+]([O-])c1c(NCc2ccc(Cl)cc2)ncnc1N1CCOCC1. The van der Waals surface area contributed by atoms with Crippen molar-refractivity contribution in [1.82, 2.24) is 9.97 Å². The lowest BCUT2D eigenvalue weighted by atomic mass is 10.2. The molecule has 126 valence electrons. The molecular formula is C15H16ClN5O3. The number of nitrogens with zero attached hydrogens (tertiary/aromatic N) is 4. The summed E-state index contributed by atoms with van der Waals surface area (Å²) in [5, 5.41) is 15.2. The summed E-state index contributed by atoms with van der Waals surface area (Å²) in [5.41, 5.74) is 0.827. The van der Waals surface area contributed by atoms with Crippen LogP contribution >= 0.6 is 11.6 Å². The monoisotopic (exact) mass is 349 g/mol. The van der Waals surface area contributed by atoms with E-state index in [-0.39, 0.29) is 11.5 Å². The highest BCUT2D eigenvalue weighted by Crippen LogP contribution is 2.32. The fourth-order valence-electron chi connectivity index (χ4n) is 2.46. The predicted molar refractivity (Wildman–Crippen MR) is 90.5 cm³/mol. The van der Waals surface area contributed by atoms with Gasteiger partial charge in [0.25, 0.3) is 0 Å². The van der Waals surface area contributed by atoms with Crippen LogP contribution in [0.1, 0.15) is 5.56 Å². The molecule has 2 heterocycles. The summed E-state index contributed by atoms with van der Waals surface area (Å²) < 4.78 is 5.29. The molecule has 1 aromatic heterocycles. The second kappa shape index (κ2) is 7.41. The van der Waals surface area contributed by atoms with Crippen LogP contribution in [0.4, 0.5) is 17.3 Å². The molecule has 0 unspecified atom stereocenters. The van der Waals surface area contributed by atoms with E-state index in [0.29, 0.717) is 43.7 Å². The van der Waals surface area contributed by atoms with Gasteiger partial charge in [0.2, 0.25) is 11.6 Å². The van der Waals surface area contributed by atoms with Crippen molar-refractivity contribution in [2.24, 2.45) is 0 Å². The van der Waals surface area contributed by atoms with Gasteiger partial charge in [0.15, 0.2) is 0 Å². The number of anilines is 2. The van der Waals surface area contributed by atoms with E-state index in [9.17, 15) is 10.1 Å². The molecule has 0 amide bonds. The lowest BCUT2D eigenvalue weighted by molar-refractivity contribution is -0.383. The van der Waals surface area contributed by atoms with Crippen LogP contribution in [0.3, 0.4) is 0 Å². The van der Waals surface area contributed by atoms with Gasteiger partial charge in [0, 0.05) is 24.7 Å². The molecule has 2 aromatic rings. The second-order valence-electron chi connectivity index (χ2n) is 5.23. The summed E-state index contributed by atoms with van der Waals surface area (Å²) in [7, 11) is 0. The third-order valence-electron chi connectivity index (χ3n) is 3.67. The molecule has 0 radical (unpaired) electrons. The van der Waals surface area contributed by atoms with E-state index in [1.165, 1.54) is 6.33 Å². The van der Waals surface area contributed by atoms with Crippen LogP contribution in [0.5, 0.6) is 0 Å². The van der Waals surface area contributed by atoms with E-state index in [1.54, 1.807) is 12.1 Å². The Balaban J connectivity index is 1.83. The predicted octanol–water partition coefficient (Wildman–Crippen LogP) is 2.49. The molecule has 1 fully saturated rings. The maximum Gasteiger partial charge on any atom is 0.353 e. The lowest BCUT2D eigenvalue weighted by Gasteiger charge is -2.27. The molecule has 9 heteroatoms. The van der Waals surface area contributed by atoms with E-state index >= 15 is 0 Å². The fourth-order valence-corrected chi connectivity index (χ4v) is 2.59. The molecule has 1 aliphatic heterocycles. The Hall–Kier alpha value is -2.45. The lowest BCUT2D eigenvalue weighted by Crippen LogP contribution is -2.37. The molecule has 0 bridgehead atoms. The maximum absolute atomic E-state index is 11.6. The minimum absolute atomic E-state index is 0.117. The minimum Gasteiger partial charge on any atom is -0.378 e. The van der Waals surface area contributed by atoms with Gasteiger partial charge in [-0.25, -0.2) is 9.97 Å². The van der Waals surface area contributed by atoms with Gasteiger partial charge in [-0.3, -0.25) is 10.1 Å². The molecule has 0 saturated carbocycles. The first-order valence-electron chi connectivity index (χ1n) is 7.45. The number of aromatic nitrogens is 2. The fraction of sp³-hybridized carbons (Fsp3) is 0.333. The number of nitro groups is 1. The van der Waals surface area contributed by atoms with Gasteiger partial charge in [-0.2, -0.15) is 0 Å². The number of rotatable bonds is 5. The summed E-state index contributed by atoms with van der Waals surface area (Å²) >= 11 is 5.86. The largest absolute Gasteiger partial charge is 0.378 e. The third kappa shape index (κ3) is 3.72. The van der Waals surface area contributed by atoms with Crippen molar-refractivity contribution in [3.63, 3.8) is 0 Å². The highest BCUT2D eigenvalue weighted by atomic mass is 35.5. The molecule has 1 aliphatic rings.